The minimum absolute atomic E-state index is 0.941. The van der Waals surface area contributed by atoms with Gasteiger partial charge in [0.15, 0.2) is 0 Å². The second-order valence-electron chi connectivity index (χ2n) is 3.83. The van der Waals surface area contributed by atoms with Crippen LogP contribution in [0, 0.1) is 0 Å². The van der Waals surface area contributed by atoms with Crippen molar-refractivity contribution in [3.8, 4) is 0 Å². The molecule has 0 amide bonds. The summed E-state index contributed by atoms with van der Waals surface area (Å²) in [6.07, 6.45) is 0. The molecule has 21 heavy (non-hydrogen) atoms. The molecular formula is C11H23NS9. The maximum absolute atomic E-state index is 4.19. The normalized spacial score (nSPS) is 16.4. The van der Waals surface area contributed by atoms with Gasteiger partial charge in [0.25, 0.3) is 0 Å². The third-order valence-corrected chi connectivity index (χ3v) is 12.5. The zero-order valence-electron chi connectivity index (χ0n) is 11.9. The highest BCUT2D eigenvalue weighted by Crippen LogP contribution is 2.25. The average molecular weight is 458 g/mol. The summed E-state index contributed by atoms with van der Waals surface area (Å²) >= 11 is 20.5. The van der Waals surface area contributed by atoms with E-state index >= 15 is 0 Å². The topological polar surface area (TPSA) is 3.24 Å². The highest BCUT2D eigenvalue weighted by Gasteiger charge is 2.09. The van der Waals surface area contributed by atoms with Crippen LogP contribution in [0.25, 0.3) is 0 Å². The van der Waals surface area contributed by atoms with Crippen LogP contribution in [0.5, 0.6) is 0 Å². The minimum atomic E-state index is 0.941. The highest BCUT2D eigenvalue weighted by atomic mass is 32.3. The van der Waals surface area contributed by atoms with E-state index in [1.54, 1.807) is 0 Å². The third-order valence-electron chi connectivity index (χ3n) is 2.19. The van der Waals surface area contributed by atoms with E-state index in [9.17, 15) is 0 Å². The van der Waals surface area contributed by atoms with Crippen LogP contribution in [0.4, 0.5) is 0 Å². The van der Waals surface area contributed by atoms with Gasteiger partial charge in [0.1, 0.15) is 0 Å². The average Bonchev–Trinajstić information content (AvgIpc) is 2.53. The lowest BCUT2D eigenvalue weighted by atomic mass is 10.7. The first-order valence-corrected chi connectivity index (χ1v) is 16.3. The largest absolute Gasteiger partial charge is 0.284 e. The molecule has 0 spiro atoms. The van der Waals surface area contributed by atoms with Gasteiger partial charge in [-0.15, -0.1) is 94.1 Å². The van der Waals surface area contributed by atoms with Gasteiger partial charge < -0.3 is 0 Å². The molecule has 1 fully saturated rings. The molecule has 126 valence electrons. The van der Waals surface area contributed by atoms with Crippen molar-refractivity contribution in [1.82, 2.24) is 4.90 Å². The Kier molecular flexibility index (Phi) is 18.9. The summed E-state index contributed by atoms with van der Waals surface area (Å²) in [4.78, 5) is 2.56. The van der Waals surface area contributed by atoms with Crippen LogP contribution in [0.2, 0.25) is 0 Å². The van der Waals surface area contributed by atoms with E-state index in [-0.39, 0.29) is 0 Å². The summed E-state index contributed by atoms with van der Waals surface area (Å²) in [5.41, 5.74) is 0. The van der Waals surface area contributed by atoms with Crippen molar-refractivity contribution in [2.24, 2.45) is 0 Å². The van der Waals surface area contributed by atoms with Crippen molar-refractivity contribution >= 4 is 107 Å². The van der Waals surface area contributed by atoms with Gasteiger partial charge in [-0.05, 0) is 0 Å². The Labute approximate surface area is 169 Å². The van der Waals surface area contributed by atoms with E-state index in [1.165, 1.54) is 54.6 Å². The standard InChI is InChI=1S/C11H23NS9/c13-5-17-8-19-10-21-11-20-9-18-6-14-2-1-12-3-15-7-16-4-12/h13H,1-11H2. The lowest BCUT2D eigenvalue weighted by Crippen LogP contribution is -2.28. The fourth-order valence-electron chi connectivity index (χ4n) is 1.28. The van der Waals surface area contributed by atoms with Crippen molar-refractivity contribution in [2.75, 3.05) is 59.6 Å². The highest BCUT2D eigenvalue weighted by molar-refractivity contribution is 8.29. The van der Waals surface area contributed by atoms with Crippen LogP contribution in [0.15, 0.2) is 0 Å². The zero-order chi connectivity index (χ0) is 15.0. The first-order chi connectivity index (χ1) is 10.4. The van der Waals surface area contributed by atoms with Gasteiger partial charge in [0.05, 0.1) is 0 Å². The predicted octanol–water partition coefficient (Wildman–Crippen LogP) is 5.71. The first kappa shape index (κ1) is 22.2. The molecule has 0 aliphatic carbocycles. The SMILES string of the molecule is SCSCSCSCSCSCSCCN1CSCSC1. The Morgan fingerprint density at radius 3 is 1.86 bits per heavy atom. The van der Waals surface area contributed by atoms with E-state index in [0.29, 0.717) is 0 Å². The van der Waals surface area contributed by atoms with Gasteiger partial charge in [-0.3, -0.25) is 4.90 Å². The minimum Gasteiger partial charge on any atom is -0.284 e. The molecule has 0 N–H and O–H groups in total. The van der Waals surface area contributed by atoms with Crippen LogP contribution in [0.3, 0.4) is 0 Å². The van der Waals surface area contributed by atoms with Crippen molar-refractivity contribution in [3.63, 3.8) is 0 Å². The molecule has 1 saturated heterocycles. The van der Waals surface area contributed by atoms with E-state index < -0.39 is 0 Å². The van der Waals surface area contributed by atoms with Crippen LogP contribution >= 0.6 is 107 Å². The molecule has 0 bridgehead atoms. The van der Waals surface area contributed by atoms with Crippen molar-refractivity contribution in [1.29, 1.82) is 0 Å². The summed E-state index contributed by atoms with van der Waals surface area (Å²) < 4.78 is 0. The Morgan fingerprint density at radius 1 is 0.762 bits per heavy atom. The van der Waals surface area contributed by atoms with Gasteiger partial charge >= 0.3 is 0 Å². The lowest BCUT2D eigenvalue weighted by molar-refractivity contribution is 0.402. The summed E-state index contributed by atoms with van der Waals surface area (Å²) in [6, 6.07) is 0. The van der Waals surface area contributed by atoms with Gasteiger partial charge in [0, 0.05) is 59.6 Å². The number of nitrogens with zero attached hydrogens (tertiary/aromatic N) is 1. The monoisotopic (exact) mass is 457 g/mol. The first-order valence-electron chi connectivity index (χ1n) is 6.38. The Hall–Kier alpha value is 3.11. The maximum atomic E-state index is 4.19. The summed E-state index contributed by atoms with van der Waals surface area (Å²) in [5, 5.41) is 8.35. The van der Waals surface area contributed by atoms with Gasteiger partial charge in [-0.1, -0.05) is 0 Å². The van der Waals surface area contributed by atoms with Crippen LogP contribution in [-0.2, 0) is 0 Å². The van der Waals surface area contributed by atoms with Crippen molar-refractivity contribution < 1.29 is 0 Å². The maximum Gasteiger partial charge on any atom is 0.0461 e. The van der Waals surface area contributed by atoms with E-state index in [1.807, 2.05) is 35.3 Å². The molecular weight excluding hydrogens is 435 g/mol. The van der Waals surface area contributed by atoms with E-state index in [0.717, 1.165) is 5.08 Å². The van der Waals surface area contributed by atoms with Crippen LogP contribution in [0.1, 0.15) is 0 Å². The summed E-state index contributed by atoms with van der Waals surface area (Å²) in [5.74, 6) is 3.75. The predicted molar refractivity (Wildman–Crippen MR) is 125 cm³/mol. The number of hydrogen-bond donors (Lipinski definition) is 1. The molecule has 0 unspecified atom stereocenters. The Bertz CT molecular complexity index is 216. The smallest absolute Gasteiger partial charge is 0.0461 e. The molecule has 0 aromatic rings. The number of thiol groups is 1. The summed E-state index contributed by atoms with van der Waals surface area (Å²) in [7, 11) is 0. The van der Waals surface area contributed by atoms with Crippen molar-refractivity contribution in [3.05, 3.63) is 0 Å². The zero-order valence-corrected chi connectivity index (χ0v) is 19.4. The second-order valence-corrected chi connectivity index (χ2v) is 14.7. The molecule has 0 radical (unpaired) electrons. The number of hydrogen-bond acceptors (Lipinski definition) is 10. The van der Waals surface area contributed by atoms with E-state index in [2.05, 4.69) is 76.3 Å². The number of thioether (sulfide) groups is 8. The van der Waals surface area contributed by atoms with Gasteiger partial charge in [0.2, 0.25) is 0 Å². The Morgan fingerprint density at radius 2 is 1.29 bits per heavy atom. The summed E-state index contributed by atoms with van der Waals surface area (Å²) in [6.45, 7) is 1.26. The van der Waals surface area contributed by atoms with Crippen LogP contribution in [-0.4, -0.2) is 64.5 Å². The molecule has 0 atom stereocenters. The fraction of sp³-hybridized carbons (Fsp3) is 1.00. The Balaban J connectivity index is 1.69. The lowest BCUT2D eigenvalue weighted by Gasteiger charge is -2.25. The molecule has 1 aliphatic rings. The fourth-order valence-corrected chi connectivity index (χ4v) is 11.1. The molecule has 1 rings (SSSR count). The molecule has 1 aliphatic heterocycles. The van der Waals surface area contributed by atoms with E-state index in [4.69, 9.17) is 0 Å². The van der Waals surface area contributed by atoms with Crippen molar-refractivity contribution in [2.45, 2.75) is 0 Å². The molecule has 10 heteroatoms. The van der Waals surface area contributed by atoms with Gasteiger partial charge in [-0.25, -0.2) is 0 Å². The third kappa shape index (κ3) is 15.1. The molecule has 0 aromatic heterocycles. The molecule has 0 aromatic carbocycles. The second kappa shape index (κ2) is 17.9. The van der Waals surface area contributed by atoms with Crippen LogP contribution < -0.4 is 0 Å². The quantitative estimate of drug-likeness (QED) is 0.196. The molecule has 1 nitrogen and oxygen atoms in total. The molecule has 1 heterocycles. The number of rotatable bonds is 14. The van der Waals surface area contributed by atoms with Gasteiger partial charge in [-0.2, -0.15) is 12.6 Å². The molecule has 0 saturated carbocycles.